The van der Waals surface area contributed by atoms with Crippen molar-refractivity contribution in [1.82, 2.24) is 5.32 Å². The Labute approximate surface area is 68.3 Å². The van der Waals surface area contributed by atoms with Crippen LogP contribution in [-0.2, 0) is 4.79 Å². The lowest BCUT2D eigenvalue weighted by atomic mass is 10.1. The van der Waals surface area contributed by atoms with Crippen molar-refractivity contribution in [3.63, 3.8) is 0 Å². The van der Waals surface area contributed by atoms with Crippen molar-refractivity contribution in [1.29, 1.82) is 0 Å². The molecule has 3 N–H and O–H groups in total. The highest BCUT2D eigenvalue weighted by atomic mass is 16.1. The number of hydrogen-bond donors (Lipinski definition) is 2. The number of rotatable bonds is 5. The van der Waals surface area contributed by atoms with E-state index in [1.165, 1.54) is 6.42 Å². The van der Waals surface area contributed by atoms with Gasteiger partial charge in [-0.2, -0.15) is 0 Å². The molecule has 0 aliphatic carbocycles. The van der Waals surface area contributed by atoms with Crippen molar-refractivity contribution in [2.45, 2.75) is 39.2 Å². The lowest BCUT2D eigenvalue weighted by molar-refractivity contribution is -0.120. The lowest BCUT2D eigenvalue weighted by Gasteiger charge is -2.11. The molecule has 0 aliphatic rings. The van der Waals surface area contributed by atoms with Crippen molar-refractivity contribution >= 4 is 5.91 Å². The van der Waals surface area contributed by atoms with Gasteiger partial charge in [0.1, 0.15) is 0 Å². The van der Waals surface area contributed by atoms with E-state index in [0.29, 0.717) is 0 Å². The first kappa shape index (κ1) is 10.4. The molecule has 0 saturated heterocycles. The molecule has 0 aromatic heterocycles. The van der Waals surface area contributed by atoms with Crippen LogP contribution in [0.25, 0.3) is 0 Å². The average molecular weight is 158 g/mol. The summed E-state index contributed by atoms with van der Waals surface area (Å²) in [5, 5.41) is 2.80. The molecule has 0 bridgehead atoms. The fraction of sp³-hybridized carbons (Fsp3) is 0.875. The second-order valence-corrected chi connectivity index (χ2v) is 2.81. The number of carbonyl (C=O) groups is 1. The molecule has 1 unspecified atom stereocenters. The molecule has 1 atom stereocenters. The van der Waals surface area contributed by atoms with E-state index in [2.05, 4.69) is 12.2 Å². The van der Waals surface area contributed by atoms with Gasteiger partial charge in [0, 0.05) is 6.04 Å². The molecule has 66 valence electrons. The normalized spacial score (nSPS) is 12.6. The summed E-state index contributed by atoms with van der Waals surface area (Å²) in [7, 11) is 0. The summed E-state index contributed by atoms with van der Waals surface area (Å²) in [5.41, 5.74) is 5.14. The molecule has 11 heavy (non-hydrogen) atoms. The molecule has 0 aromatic rings. The van der Waals surface area contributed by atoms with Gasteiger partial charge in [-0.3, -0.25) is 4.79 Å². The van der Waals surface area contributed by atoms with Gasteiger partial charge in [-0.25, -0.2) is 0 Å². The Kier molecular flexibility index (Phi) is 5.84. The number of nitrogens with one attached hydrogen (secondary N) is 1. The Hall–Kier alpha value is -0.570. The number of carbonyl (C=O) groups excluding carboxylic acids is 1. The number of amides is 1. The van der Waals surface area contributed by atoms with Crippen molar-refractivity contribution in [3.05, 3.63) is 0 Å². The van der Waals surface area contributed by atoms with Gasteiger partial charge in [-0.1, -0.05) is 19.8 Å². The summed E-state index contributed by atoms with van der Waals surface area (Å²) < 4.78 is 0. The van der Waals surface area contributed by atoms with E-state index in [4.69, 9.17) is 5.73 Å². The summed E-state index contributed by atoms with van der Waals surface area (Å²) >= 11 is 0. The van der Waals surface area contributed by atoms with Crippen molar-refractivity contribution in [3.8, 4) is 0 Å². The molecule has 3 heteroatoms. The summed E-state index contributed by atoms with van der Waals surface area (Å²) in [6.45, 7) is 4.23. The van der Waals surface area contributed by atoms with Crippen LogP contribution in [-0.4, -0.2) is 18.5 Å². The largest absolute Gasteiger partial charge is 0.353 e. The SMILES string of the molecule is CCCCC(C)NC(=O)CN. The summed E-state index contributed by atoms with van der Waals surface area (Å²) in [6.07, 6.45) is 3.37. The van der Waals surface area contributed by atoms with Gasteiger partial charge in [0.2, 0.25) is 5.91 Å². The number of nitrogens with two attached hydrogens (primary N) is 1. The molecular formula is C8H18N2O. The van der Waals surface area contributed by atoms with Crippen LogP contribution in [0.3, 0.4) is 0 Å². The van der Waals surface area contributed by atoms with Gasteiger partial charge in [0.05, 0.1) is 6.54 Å². The predicted molar refractivity (Wildman–Crippen MR) is 46.2 cm³/mol. The molecule has 0 saturated carbocycles. The minimum atomic E-state index is -0.0615. The van der Waals surface area contributed by atoms with E-state index in [9.17, 15) is 4.79 Å². The van der Waals surface area contributed by atoms with Gasteiger partial charge in [-0.15, -0.1) is 0 Å². The fourth-order valence-electron chi connectivity index (χ4n) is 0.916. The Morgan fingerprint density at radius 2 is 2.27 bits per heavy atom. The summed E-state index contributed by atoms with van der Waals surface area (Å²) in [5.74, 6) is -0.0615. The maximum absolute atomic E-state index is 10.7. The first-order valence-electron chi connectivity index (χ1n) is 4.20. The molecular weight excluding hydrogens is 140 g/mol. The zero-order valence-electron chi connectivity index (χ0n) is 7.39. The van der Waals surface area contributed by atoms with Crippen LogP contribution in [0, 0.1) is 0 Å². The number of unbranched alkanes of at least 4 members (excludes halogenated alkanes) is 1. The predicted octanol–water partition coefficient (Wildman–Crippen LogP) is 0.640. The topological polar surface area (TPSA) is 55.1 Å². The van der Waals surface area contributed by atoms with E-state index < -0.39 is 0 Å². The van der Waals surface area contributed by atoms with Gasteiger partial charge >= 0.3 is 0 Å². The molecule has 1 amide bonds. The molecule has 3 nitrogen and oxygen atoms in total. The molecule has 0 aliphatic heterocycles. The van der Waals surface area contributed by atoms with Crippen LogP contribution < -0.4 is 11.1 Å². The Morgan fingerprint density at radius 3 is 2.73 bits per heavy atom. The third-order valence-electron chi connectivity index (χ3n) is 1.58. The second kappa shape index (κ2) is 6.16. The standard InChI is InChI=1S/C8H18N2O/c1-3-4-5-7(2)10-8(11)6-9/h7H,3-6,9H2,1-2H3,(H,10,11). The van der Waals surface area contributed by atoms with Crippen LogP contribution in [0.4, 0.5) is 0 Å². The Morgan fingerprint density at radius 1 is 1.64 bits per heavy atom. The highest BCUT2D eigenvalue weighted by molar-refractivity contribution is 5.77. The van der Waals surface area contributed by atoms with E-state index >= 15 is 0 Å². The quantitative estimate of drug-likeness (QED) is 0.617. The van der Waals surface area contributed by atoms with Gasteiger partial charge in [0.25, 0.3) is 0 Å². The van der Waals surface area contributed by atoms with Crippen LogP contribution in [0.5, 0.6) is 0 Å². The average Bonchev–Trinajstić information content (AvgIpc) is 2.00. The van der Waals surface area contributed by atoms with Crippen molar-refractivity contribution in [2.24, 2.45) is 5.73 Å². The summed E-state index contributed by atoms with van der Waals surface area (Å²) in [4.78, 5) is 10.7. The fourth-order valence-corrected chi connectivity index (χ4v) is 0.916. The van der Waals surface area contributed by atoms with Gasteiger partial charge in [-0.05, 0) is 13.3 Å². The number of hydrogen-bond acceptors (Lipinski definition) is 2. The van der Waals surface area contributed by atoms with Gasteiger partial charge < -0.3 is 11.1 Å². The molecule has 0 aromatic carbocycles. The maximum atomic E-state index is 10.7. The van der Waals surface area contributed by atoms with Crippen LogP contribution in [0.2, 0.25) is 0 Å². The third-order valence-corrected chi connectivity index (χ3v) is 1.58. The minimum Gasteiger partial charge on any atom is -0.353 e. The molecule has 0 heterocycles. The maximum Gasteiger partial charge on any atom is 0.233 e. The Balaban J connectivity index is 3.35. The minimum absolute atomic E-state index is 0.0615. The van der Waals surface area contributed by atoms with Crippen LogP contribution in [0.15, 0.2) is 0 Å². The third kappa shape index (κ3) is 5.85. The van der Waals surface area contributed by atoms with Crippen molar-refractivity contribution in [2.75, 3.05) is 6.54 Å². The zero-order valence-corrected chi connectivity index (χ0v) is 7.39. The van der Waals surface area contributed by atoms with Gasteiger partial charge in [0.15, 0.2) is 0 Å². The highest BCUT2D eigenvalue weighted by Crippen LogP contribution is 1.98. The van der Waals surface area contributed by atoms with Crippen LogP contribution in [0.1, 0.15) is 33.1 Å². The summed E-state index contributed by atoms with van der Waals surface area (Å²) in [6, 6.07) is 0.269. The smallest absolute Gasteiger partial charge is 0.233 e. The first-order valence-corrected chi connectivity index (χ1v) is 4.20. The van der Waals surface area contributed by atoms with Crippen molar-refractivity contribution < 1.29 is 4.79 Å². The zero-order chi connectivity index (χ0) is 8.69. The Bertz CT molecular complexity index is 115. The van der Waals surface area contributed by atoms with E-state index in [0.717, 1.165) is 12.8 Å². The van der Waals surface area contributed by atoms with Crippen LogP contribution >= 0.6 is 0 Å². The first-order chi connectivity index (χ1) is 5.20. The molecule has 0 spiro atoms. The monoisotopic (exact) mass is 158 g/mol. The van der Waals surface area contributed by atoms with E-state index in [1.807, 2.05) is 6.92 Å². The lowest BCUT2D eigenvalue weighted by Crippen LogP contribution is -2.36. The highest BCUT2D eigenvalue weighted by Gasteiger charge is 2.03. The molecule has 0 fully saturated rings. The molecule has 0 rings (SSSR count). The van der Waals surface area contributed by atoms with E-state index in [1.54, 1.807) is 0 Å². The molecule has 0 radical (unpaired) electrons. The van der Waals surface area contributed by atoms with E-state index in [-0.39, 0.29) is 18.5 Å². The second-order valence-electron chi connectivity index (χ2n) is 2.81.